The molecule has 126 valence electrons. The van der Waals surface area contributed by atoms with E-state index in [1.807, 2.05) is 31.2 Å². The molecule has 1 heterocycles. The molecule has 0 radical (unpaired) electrons. The fraction of sp³-hybridized carbons (Fsp3) is 0.556. The van der Waals surface area contributed by atoms with Crippen molar-refractivity contribution in [3.8, 4) is 0 Å². The van der Waals surface area contributed by atoms with Crippen LogP contribution in [0.4, 0.5) is 0 Å². The number of unbranched alkanes of at least 4 members (excludes halogenated alkanes) is 1. The zero-order valence-electron chi connectivity index (χ0n) is 13.9. The minimum atomic E-state index is -0.101. The lowest BCUT2D eigenvalue weighted by Gasteiger charge is -2.32. The maximum absolute atomic E-state index is 12.6. The summed E-state index contributed by atoms with van der Waals surface area (Å²) < 4.78 is 0. The Morgan fingerprint density at radius 2 is 2.00 bits per heavy atom. The van der Waals surface area contributed by atoms with Crippen molar-refractivity contribution in [3.05, 3.63) is 35.4 Å². The summed E-state index contributed by atoms with van der Waals surface area (Å²) >= 11 is 0. The lowest BCUT2D eigenvalue weighted by Crippen LogP contribution is -2.45. The third-order valence-corrected chi connectivity index (χ3v) is 4.31. The average molecular weight is 317 g/mol. The fourth-order valence-corrected chi connectivity index (χ4v) is 2.88. The fourth-order valence-electron chi connectivity index (χ4n) is 2.88. The monoisotopic (exact) mass is 317 g/mol. The Kier molecular flexibility index (Phi) is 6.59. The Balaban J connectivity index is 1.88. The number of nitrogens with one attached hydrogen (secondary N) is 1. The molecule has 1 aromatic rings. The first-order valence-corrected chi connectivity index (χ1v) is 8.45. The van der Waals surface area contributed by atoms with Crippen LogP contribution in [-0.4, -0.2) is 42.9 Å². The molecule has 0 bridgehead atoms. The zero-order chi connectivity index (χ0) is 16.7. The largest absolute Gasteiger partial charge is 0.356 e. The molecule has 0 aliphatic carbocycles. The third-order valence-electron chi connectivity index (χ3n) is 4.31. The highest BCUT2D eigenvalue weighted by molar-refractivity contribution is 5.94. The van der Waals surface area contributed by atoms with Crippen molar-refractivity contribution in [2.45, 2.75) is 32.6 Å². The number of benzene rings is 1. The molecular formula is C18H27N3O2. The van der Waals surface area contributed by atoms with Crippen LogP contribution in [0.25, 0.3) is 0 Å². The van der Waals surface area contributed by atoms with Crippen LogP contribution in [0.2, 0.25) is 0 Å². The molecule has 2 rings (SSSR count). The van der Waals surface area contributed by atoms with E-state index in [1.165, 1.54) is 0 Å². The zero-order valence-corrected chi connectivity index (χ0v) is 13.9. The summed E-state index contributed by atoms with van der Waals surface area (Å²) in [6, 6.07) is 7.60. The molecule has 5 heteroatoms. The summed E-state index contributed by atoms with van der Waals surface area (Å²) in [4.78, 5) is 26.6. The van der Waals surface area contributed by atoms with Crippen molar-refractivity contribution in [2.24, 2.45) is 11.7 Å². The Morgan fingerprint density at radius 3 is 2.70 bits per heavy atom. The lowest BCUT2D eigenvalue weighted by atomic mass is 9.96. The normalized spacial score (nSPS) is 17.8. The van der Waals surface area contributed by atoms with Crippen molar-refractivity contribution in [1.82, 2.24) is 10.2 Å². The molecule has 0 aromatic heterocycles. The maximum atomic E-state index is 12.6. The van der Waals surface area contributed by atoms with E-state index in [4.69, 9.17) is 5.73 Å². The Bertz CT molecular complexity index is 528. The summed E-state index contributed by atoms with van der Waals surface area (Å²) in [7, 11) is 0. The number of aryl methyl sites for hydroxylation is 1. The van der Waals surface area contributed by atoms with Crippen molar-refractivity contribution in [3.63, 3.8) is 0 Å². The van der Waals surface area contributed by atoms with E-state index in [-0.39, 0.29) is 17.7 Å². The van der Waals surface area contributed by atoms with Gasteiger partial charge in [0.15, 0.2) is 0 Å². The average Bonchev–Trinajstić information content (AvgIpc) is 2.59. The van der Waals surface area contributed by atoms with Crippen molar-refractivity contribution in [2.75, 3.05) is 26.2 Å². The van der Waals surface area contributed by atoms with Gasteiger partial charge in [0, 0.05) is 25.2 Å². The molecule has 1 atom stereocenters. The van der Waals surface area contributed by atoms with Crippen LogP contribution in [-0.2, 0) is 4.79 Å². The van der Waals surface area contributed by atoms with E-state index in [0.717, 1.165) is 37.8 Å². The highest BCUT2D eigenvalue weighted by Crippen LogP contribution is 2.19. The molecule has 1 fully saturated rings. The number of rotatable bonds is 6. The maximum Gasteiger partial charge on any atom is 0.253 e. The third kappa shape index (κ3) is 5.06. The molecule has 3 N–H and O–H groups in total. The molecule has 0 saturated carbocycles. The van der Waals surface area contributed by atoms with Crippen LogP contribution in [0.3, 0.4) is 0 Å². The smallest absolute Gasteiger partial charge is 0.253 e. The van der Waals surface area contributed by atoms with Crippen LogP contribution in [0.15, 0.2) is 24.3 Å². The molecule has 1 saturated heterocycles. The van der Waals surface area contributed by atoms with E-state index in [2.05, 4.69) is 5.32 Å². The standard InChI is InChI=1S/C18H27N3O2/c1-14-6-8-15(9-7-14)18(23)21-12-4-5-16(13-21)17(22)20-11-3-2-10-19/h6-9,16H,2-5,10-13,19H2,1H3,(H,20,22). The topological polar surface area (TPSA) is 75.4 Å². The molecule has 23 heavy (non-hydrogen) atoms. The van der Waals surface area contributed by atoms with Gasteiger partial charge in [-0.05, 0) is 51.3 Å². The molecular weight excluding hydrogens is 290 g/mol. The summed E-state index contributed by atoms with van der Waals surface area (Å²) in [5.74, 6) is -0.0231. The van der Waals surface area contributed by atoms with Gasteiger partial charge in [-0.25, -0.2) is 0 Å². The SMILES string of the molecule is Cc1ccc(C(=O)N2CCCC(C(=O)NCCCCN)C2)cc1. The molecule has 5 nitrogen and oxygen atoms in total. The highest BCUT2D eigenvalue weighted by atomic mass is 16.2. The molecule has 1 aliphatic heterocycles. The van der Waals surface area contributed by atoms with Gasteiger partial charge in [-0.3, -0.25) is 9.59 Å². The van der Waals surface area contributed by atoms with E-state index in [9.17, 15) is 9.59 Å². The second-order valence-electron chi connectivity index (χ2n) is 6.24. The minimum Gasteiger partial charge on any atom is -0.356 e. The van der Waals surface area contributed by atoms with Gasteiger partial charge in [0.1, 0.15) is 0 Å². The van der Waals surface area contributed by atoms with Crippen molar-refractivity contribution >= 4 is 11.8 Å². The summed E-state index contributed by atoms with van der Waals surface area (Å²) in [6.07, 6.45) is 3.54. The second-order valence-corrected chi connectivity index (χ2v) is 6.24. The number of hydrogen-bond acceptors (Lipinski definition) is 3. The summed E-state index contributed by atoms with van der Waals surface area (Å²) in [5, 5.41) is 2.96. The van der Waals surface area contributed by atoms with Gasteiger partial charge in [-0.1, -0.05) is 17.7 Å². The van der Waals surface area contributed by atoms with Gasteiger partial charge in [-0.2, -0.15) is 0 Å². The number of nitrogens with two attached hydrogens (primary N) is 1. The minimum absolute atomic E-state index is 0.0191. The van der Waals surface area contributed by atoms with Crippen molar-refractivity contribution < 1.29 is 9.59 Å². The number of carbonyl (C=O) groups is 2. The van der Waals surface area contributed by atoms with Crippen LogP contribution in [0.1, 0.15) is 41.6 Å². The number of piperidine rings is 1. The molecule has 1 unspecified atom stereocenters. The second kappa shape index (κ2) is 8.67. The van der Waals surface area contributed by atoms with Crippen LogP contribution >= 0.6 is 0 Å². The van der Waals surface area contributed by atoms with Gasteiger partial charge in [-0.15, -0.1) is 0 Å². The molecule has 1 aliphatic rings. The molecule has 2 amide bonds. The number of hydrogen-bond donors (Lipinski definition) is 2. The number of nitrogens with zero attached hydrogens (tertiary/aromatic N) is 1. The summed E-state index contributed by atoms with van der Waals surface area (Å²) in [6.45, 7) is 4.55. The van der Waals surface area contributed by atoms with E-state index in [0.29, 0.717) is 25.2 Å². The van der Waals surface area contributed by atoms with E-state index in [1.54, 1.807) is 4.90 Å². The summed E-state index contributed by atoms with van der Waals surface area (Å²) in [5.41, 5.74) is 7.28. The predicted octanol–water partition coefficient (Wildman–Crippen LogP) is 1.70. The van der Waals surface area contributed by atoms with Gasteiger partial charge in [0.05, 0.1) is 5.92 Å². The van der Waals surface area contributed by atoms with Crippen LogP contribution in [0.5, 0.6) is 0 Å². The first-order chi connectivity index (χ1) is 11.1. The van der Waals surface area contributed by atoms with E-state index >= 15 is 0 Å². The van der Waals surface area contributed by atoms with Crippen LogP contribution in [0, 0.1) is 12.8 Å². The molecule has 1 aromatic carbocycles. The Morgan fingerprint density at radius 1 is 1.26 bits per heavy atom. The van der Waals surface area contributed by atoms with Gasteiger partial charge in [0.25, 0.3) is 5.91 Å². The van der Waals surface area contributed by atoms with Gasteiger partial charge >= 0.3 is 0 Å². The first kappa shape index (κ1) is 17.5. The number of carbonyl (C=O) groups excluding carboxylic acids is 2. The number of amides is 2. The van der Waals surface area contributed by atoms with Gasteiger partial charge in [0.2, 0.25) is 5.91 Å². The predicted molar refractivity (Wildman–Crippen MR) is 91.1 cm³/mol. The van der Waals surface area contributed by atoms with Crippen LogP contribution < -0.4 is 11.1 Å². The number of likely N-dealkylation sites (tertiary alicyclic amines) is 1. The Hall–Kier alpha value is -1.88. The van der Waals surface area contributed by atoms with E-state index < -0.39 is 0 Å². The quantitative estimate of drug-likeness (QED) is 0.784. The molecule has 0 spiro atoms. The lowest BCUT2D eigenvalue weighted by molar-refractivity contribution is -0.126. The first-order valence-electron chi connectivity index (χ1n) is 8.45. The van der Waals surface area contributed by atoms with Crippen molar-refractivity contribution in [1.29, 1.82) is 0 Å². The highest BCUT2D eigenvalue weighted by Gasteiger charge is 2.28. The van der Waals surface area contributed by atoms with Gasteiger partial charge < -0.3 is 16.0 Å². The Labute approximate surface area is 138 Å².